The second-order valence-corrected chi connectivity index (χ2v) is 3.82. The molecule has 0 radical (unpaired) electrons. The normalized spacial score (nSPS) is 10.4. The number of hydrogen-bond donors (Lipinski definition) is 0. The summed E-state index contributed by atoms with van der Waals surface area (Å²) in [4.78, 5) is 16.1. The Morgan fingerprint density at radius 1 is 1.57 bits per heavy atom. The molecule has 14 heavy (non-hydrogen) atoms. The van der Waals surface area contributed by atoms with Gasteiger partial charge in [-0.05, 0) is 11.5 Å². The van der Waals surface area contributed by atoms with Gasteiger partial charge in [0.05, 0.1) is 23.9 Å². The van der Waals surface area contributed by atoms with Crippen molar-refractivity contribution < 1.29 is 0 Å². The zero-order valence-corrected chi connectivity index (χ0v) is 8.49. The van der Waals surface area contributed by atoms with E-state index in [2.05, 4.69) is 14.6 Å². The van der Waals surface area contributed by atoms with Crippen LogP contribution in [-0.4, -0.2) is 19.1 Å². The Kier molecular flexibility index (Phi) is 2.55. The smallest absolute Gasteiger partial charge is 0.255 e. The zero-order valence-electron chi connectivity index (χ0n) is 6.92. The second kappa shape index (κ2) is 3.85. The molecule has 0 N–H and O–H groups in total. The lowest BCUT2D eigenvalue weighted by Crippen LogP contribution is -2.19. The van der Waals surface area contributed by atoms with Gasteiger partial charge in [0.25, 0.3) is 5.56 Å². The van der Waals surface area contributed by atoms with Crippen molar-refractivity contribution in [3.63, 3.8) is 0 Å². The molecule has 0 amide bonds. The average molecular weight is 229 g/mol. The number of rotatable bonds is 2. The summed E-state index contributed by atoms with van der Waals surface area (Å²) in [7, 11) is 0. The molecular formula is C7H5ClN4OS. The monoisotopic (exact) mass is 228 g/mol. The molecule has 2 aromatic rings. The molecular weight excluding hydrogens is 224 g/mol. The van der Waals surface area contributed by atoms with Crippen LogP contribution in [0.4, 0.5) is 0 Å². The van der Waals surface area contributed by atoms with Crippen LogP contribution in [0.25, 0.3) is 0 Å². The van der Waals surface area contributed by atoms with Crippen molar-refractivity contribution in [3.8, 4) is 0 Å². The highest BCUT2D eigenvalue weighted by Crippen LogP contribution is 2.04. The predicted octanol–water partition coefficient (Wildman–Crippen LogP) is 0.796. The van der Waals surface area contributed by atoms with Gasteiger partial charge < -0.3 is 0 Å². The Morgan fingerprint density at radius 2 is 2.43 bits per heavy atom. The van der Waals surface area contributed by atoms with Crippen LogP contribution < -0.4 is 5.56 Å². The van der Waals surface area contributed by atoms with Crippen LogP contribution in [0.15, 0.2) is 23.4 Å². The van der Waals surface area contributed by atoms with Crippen LogP contribution in [0.1, 0.15) is 4.88 Å². The van der Waals surface area contributed by atoms with Crippen LogP contribution in [0.2, 0.25) is 5.15 Å². The summed E-state index contributed by atoms with van der Waals surface area (Å²) in [5.41, 5.74) is -0.182. The van der Waals surface area contributed by atoms with Gasteiger partial charge in [0.2, 0.25) is 0 Å². The van der Waals surface area contributed by atoms with Gasteiger partial charge in [0.15, 0.2) is 0 Å². The van der Waals surface area contributed by atoms with Crippen LogP contribution in [-0.2, 0) is 6.54 Å². The average Bonchev–Trinajstić information content (AvgIpc) is 2.62. The molecule has 2 heterocycles. The number of aromatic nitrogens is 4. The van der Waals surface area contributed by atoms with E-state index in [1.807, 2.05) is 0 Å². The molecule has 2 aromatic heterocycles. The lowest BCUT2D eigenvalue weighted by atomic mass is 10.5. The first kappa shape index (κ1) is 9.29. The molecule has 0 bridgehead atoms. The van der Waals surface area contributed by atoms with E-state index in [0.717, 1.165) is 4.88 Å². The van der Waals surface area contributed by atoms with Gasteiger partial charge in [0.1, 0.15) is 5.15 Å². The molecule has 0 aromatic carbocycles. The molecule has 0 aliphatic heterocycles. The first-order chi connectivity index (χ1) is 6.75. The second-order valence-electron chi connectivity index (χ2n) is 2.56. The third kappa shape index (κ3) is 1.97. The van der Waals surface area contributed by atoms with Crippen molar-refractivity contribution in [3.05, 3.63) is 39.0 Å². The highest BCUT2D eigenvalue weighted by Gasteiger charge is 2.01. The van der Waals surface area contributed by atoms with E-state index in [-0.39, 0.29) is 10.7 Å². The Labute approximate surface area is 88.2 Å². The predicted molar refractivity (Wildman–Crippen MR) is 52.5 cm³/mol. The minimum Gasteiger partial charge on any atom is -0.294 e. The van der Waals surface area contributed by atoms with E-state index >= 15 is 0 Å². The van der Waals surface area contributed by atoms with Gasteiger partial charge in [-0.1, -0.05) is 16.1 Å². The molecule has 0 spiro atoms. The standard InChI is InChI=1S/C7H5ClN4OS/c8-6-1-7(13)12(4-9-6)3-5-2-10-11-14-5/h1-2,4H,3H2. The summed E-state index contributed by atoms with van der Waals surface area (Å²) in [5.74, 6) is 0. The largest absolute Gasteiger partial charge is 0.294 e. The first-order valence-electron chi connectivity index (χ1n) is 3.74. The molecule has 0 unspecified atom stereocenters. The summed E-state index contributed by atoms with van der Waals surface area (Å²) in [5, 5.41) is 3.87. The fourth-order valence-corrected chi connectivity index (χ4v) is 1.57. The van der Waals surface area contributed by atoms with Crippen LogP contribution in [0.3, 0.4) is 0 Å². The minimum absolute atomic E-state index is 0.182. The fourth-order valence-electron chi connectivity index (χ4n) is 0.948. The number of hydrogen-bond acceptors (Lipinski definition) is 5. The third-order valence-electron chi connectivity index (χ3n) is 1.58. The van der Waals surface area contributed by atoms with Gasteiger partial charge >= 0.3 is 0 Å². The van der Waals surface area contributed by atoms with E-state index in [1.165, 1.54) is 28.5 Å². The molecule has 2 rings (SSSR count). The van der Waals surface area contributed by atoms with Gasteiger partial charge in [-0.25, -0.2) is 4.98 Å². The maximum atomic E-state index is 11.4. The lowest BCUT2D eigenvalue weighted by Gasteiger charge is -2.00. The highest BCUT2D eigenvalue weighted by molar-refractivity contribution is 7.05. The first-order valence-corrected chi connectivity index (χ1v) is 4.89. The molecule has 72 valence electrons. The topological polar surface area (TPSA) is 60.7 Å². The summed E-state index contributed by atoms with van der Waals surface area (Å²) >= 11 is 6.80. The van der Waals surface area contributed by atoms with Crippen molar-refractivity contribution >= 4 is 23.1 Å². The Bertz CT molecular complexity index is 481. The molecule has 0 fully saturated rings. The number of nitrogens with zero attached hydrogens (tertiary/aromatic N) is 4. The van der Waals surface area contributed by atoms with E-state index < -0.39 is 0 Å². The van der Waals surface area contributed by atoms with Gasteiger partial charge in [-0.3, -0.25) is 9.36 Å². The SMILES string of the molecule is O=c1cc(Cl)ncn1Cc1cnns1. The highest BCUT2D eigenvalue weighted by atomic mass is 35.5. The summed E-state index contributed by atoms with van der Waals surface area (Å²) < 4.78 is 5.14. The quantitative estimate of drug-likeness (QED) is 0.714. The maximum Gasteiger partial charge on any atom is 0.255 e. The summed E-state index contributed by atoms with van der Waals surface area (Å²) in [6, 6.07) is 1.27. The van der Waals surface area contributed by atoms with Crippen LogP contribution >= 0.6 is 23.1 Å². The summed E-state index contributed by atoms with van der Waals surface area (Å²) in [6.45, 7) is 0.431. The molecule has 0 atom stereocenters. The van der Waals surface area contributed by atoms with Crippen molar-refractivity contribution in [1.29, 1.82) is 0 Å². The van der Waals surface area contributed by atoms with Crippen molar-refractivity contribution in [1.82, 2.24) is 19.1 Å². The van der Waals surface area contributed by atoms with Gasteiger partial charge in [0, 0.05) is 6.07 Å². The Balaban J connectivity index is 2.30. The van der Waals surface area contributed by atoms with Crippen LogP contribution in [0, 0.1) is 0 Å². The molecule has 0 saturated heterocycles. The van der Waals surface area contributed by atoms with E-state index in [9.17, 15) is 4.79 Å². The maximum absolute atomic E-state index is 11.4. The van der Waals surface area contributed by atoms with Gasteiger partial charge in [-0.2, -0.15) is 0 Å². The van der Waals surface area contributed by atoms with Crippen molar-refractivity contribution in [2.75, 3.05) is 0 Å². The molecule has 0 aliphatic carbocycles. The van der Waals surface area contributed by atoms with Crippen molar-refractivity contribution in [2.45, 2.75) is 6.54 Å². The number of halogens is 1. The fraction of sp³-hybridized carbons (Fsp3) is 0.143. The molecule has 7 heteroatoms. The third-order valence-corrected chi connectivity index (χ3v) is 2.43. The van der Waals surface area contributed by atoms with E-state index in [1.54, 1.807) is 6.20 Å². The zero-order chi connectivity index (χ0) is 9.97. The lowest BCUT2D eigenvalue weighted by molar-refractivity contribution is 0.744. The molecule has 0 saturated carbocycles. The minimum atomic E-state index is -0.182. The van der Waals surface area contributed by atoms with E-state index in [4.69, 9.17) is 11.6 Å². The van der Waals surface area contributed by atoms with E-state index in [0.29, 0.717) is 6.54 Å². The molecule has 0 aliphatic rings. The Hall–Kier alpha value is -1.27. The van der Waals surface area contributed by atoms with Gasteiger partial charge in [-0.15, -0.1) is 5.10 Å². The Morgan fingerprint density at radius 3 is 3.07 bits per heavy atom. The van der Waals surface area contributed by atoms with Crippen LogP contribution in [0.5, 0.6) is 0 Å². The van der Waals surface area contributed by atoms with Crippen molar-refractivity contribution in [2.24, 2.45) is 0 Å². The molecule has 5 nitrogen and oxygen atoms in total. The summed E-state index contributed by atoms with van der Waals surface area (Å²) in [6.07, 6.45) is 3.02.